The molecule has 1 heterocycles. The first-order valence-electron chi connectivity index (χ1n) is 5.75. The molecular weight excluding hydrogens is 296 g/mol. The van der Waals surface area contributed by atoms with Gasteiger partial charge in [-0.3, -0.25) is 0 Å². The Morgan fingerprint density at radius 2 is 2.44 bits per heavy atom. The van der Waals surface area contributed by atoms with Crippen molar-refractivity contribution in [3.8, 4) is 6.07 Å². The summed E-state index contributed by atoms with van der Waals surface area (Å²) >= 11 is 3.36. The molecule has 1 fully saturated rings. The molecule has 0 amide bonds. The first kappa shape index (κ1) is 13.3. The van der Waals surface area contributed by atoms with Gasteiger partial charge < -0.3 is 14.8 Å². The molecule has 1 atom stereocenters. The third-order valence-electron chi connectivity index (χ3n) is 3.20. The summed E-state index contributed by atoms with van der Waals surface area (Å²) in [5.41, 5.74) is 1.17. The Morgan fingerprint density at radius 3 is 3.06 bits per heavy atom. The van der Waals surface area contributed by atoms with Crippen molar-refractivity contribution >= 4 is 21.6 Å². The van der Waals surface area contributed by atoms with Gasteiger partial charge in [0.15, 0.2) is 0 Å². The number of nitrogens with zero attached hydrogens (tertiary/aromatic N) is 1. The van der Waals surface area contributed by atoms with Crippen LogP contribution in [0.5, 0.6) is 0 Å². The second-order valence-corrected chi connectivity index (χ2v) is 5.26. The number of anilines is 1. The number of benzene rings is 1. The quantitative estimate of drug-likeness (QED) is 0.928. The summed E-state index contributed by atoms with van der Waals surface area (Å²) in [7, 11) is 1.70. The highest BCUT2D eigenvalue weighted by molar-refractivity contribution is 9.10. The SMILES string of the molecule is COC1(CNc2ccc(Br)cc2C#N)CCOC1. The van der Waals surface area contributed by atoms with Crippen molar-refractivity contribution in [2.24, 2.45) is 0 Å². The van der Waals surface area contributed by atoms with Crippen LogP contribution in [0.1, 0.15) is 12.0 Å². The van der Waals surface area contributed by atoms with Gasteiger partial charge in [0.25, 0.3) is 0 Å². The standard InChI is InChI=1S/C13H15BrN2O2/c1-17-13(4-5-18-9-13)8-16-12-3-2-11(14)6-10(12)7-15/h2-3,6,16H,4-5,8-9H2,1H3. The molecule has 0 aromatic heterocycles. The van der Waals surface area contributed by atoms with Crippen molar-refractivity contribution in [1.82, 2.24) is 0 Å². The number of hydrogen-bond donors (Lipinski definition) is 1. The van der Waals surface area contributed by atoms with Gasteiger partial charge in [-0.15, -0.1) is 0 Å². The van der Waals surface area contributed by atoms with Crippen molar-refractivity contribution in [3.63, 3.8) is 0 Å². The average molecular weight is 311 g/mol. The number of rotatable bonds is 4. The maximum Gasteiger partial charge on any atom is 0.110 e. The summed E-state index contributed by atoms with van der Waals surface area (Å²) in [6, 6.07) is 7.78. The summed E-state index contributed by atoms with van der Waals surface area (Å²) in [6.45, 7) is 1.95. The lowest BCUT2D eigenvalue weighted by atomic mass is 10.0. The number of nitrogens with one attached hydrogen (secondary N) is 1. The first-order chi connectivity index (χ1) is 8.69. The molecule has 0 radical (unpaired) electrons. The van der Waals surface area contributed by atoms with E-state index >= 15 is 0 Å². The summed E-state index contributed by atoms with van der Waals surface area (Å²) in [5.74, 6) is 0. The predicted octanol–water partition coefficient (Wildman–Crippen LogP) is 2.54. The van der Waals surface area contributed by atoms with Gasteiger partial charge >= 0.3 is 0 Å². The summed E-state index contributed by atoms with van der Waals surface area (Å²) in [5, 5.41) is 12.4. The fourth-order valence-electron chi connectivity index (χ4n) is 1.98. The van der Waals surface area contributed by atoms with Gasteiger partial charge in [0.2, 0.25) is 0 Å². The Balaban J connectivity index is 2.08. The fraction of sp³-hybridized carbons (Fsp3) is 0.462. The second-order valence-electron chi connectivity index (χ2n) is 4.34. The van der Waals surface area contributed by atoms with E-state index < -0.39 is 0 Å². The molecule has 2 rings (SSSR count). The van der Waals surface area contributed by atoms with Crippen LogP contribution in [-0.4, -0.2) is 32.5 Å². The minimum absolute atomic E-state index is 0.278. The Kier molecular flexibility index (Phi) is 4.23. The number of nitriles is 1. The van der Waals surface area contributed by atoms with Gasteiger partial charge in [-0.25, -0.2) is 0 Å². The van der Waals surface area contributed by atoms with E-state index in [2.05, 4.69) is 27.3 Å². The predicted molar refractivity (Wildman–Crippen MR) is 72.5 cm³/mol. The molecule has 5 heteroatoms. The lowest BCUT2D eigenvalue weighted by Crippen LogP contribution is -2.39. The van der Waals surface area contributed by atoms with Crippen LogP contribution in [-0.2, 0) is 9.47 Å². The van der Waals surface area contributed by atoms with Crippen LogP contribution in [0.15, 0.2) is 22.7 Å². The van der Waals surface area contributed by atoms with Gasteiger partial charge in [0.05, 0.1) is 17.9 Å². The molecule has 18 heavy (non-hydrogen) atoms. The molecule has 0 spiro atoms. The summed E-state index contributed by atoms with van der Waals surface area (Å²) in [6.07, 6.45) is 0.870. The zero-order valence-electron chi connectivity index (χ0n) is 10.2. The highest BCUT2D eigenvalue weighted by Crippen LogP contribution is 2.25. The first-order valence-corrected chi connectivity index (χ1v) is 6.55. The molecule has 1 aromatic carbocycles. The van der Waals surface area contributed by atoms with Gasteiger partial charge in [-0.1, -0.05) is 15.9 Å². The molecule has 1 unspecified atom stereocenters. The maximum atomic E-state index is 9.09. The molecule has 0 bridgehead atoms. The summed E-state index contributed by atoms with van der Waals surface area (Å²) in [4.78, 5) is 0. The van der Waals surface area contributed by atoms with Crippen molar-refractivity contribution in [2.75, 3.05) is 32.2 Å². The average Bonchev–Trinajstić information content (AvgIpc) is 2.86. The fourth-order valence-corrected chi connectivity index (χ4v) is 2.34. The summed E-state index contributed by atoms with van der Waals surface area (Å²) < 4.78 is 11.8. The van der Waals surface area contributed by atoms with Crippen molar-refractivity contribution in [2.45, 2.75) is 12.0 Å². The van der Waals surface area contributed by atoms with E-state index in [1.54, 1.807) is 13.2 Å². The zero-order valence-corrected chi connectivity index (χ0v) is 11.8. The van der Waals surface area contributed by atoms with Crippen LogP contribution in [0.4, 0.5) is 5.69 Å². The van der Waals surface area contributed by atoms with Crippen LogP contribution in [0.3, 0.4) is 0 Å². The van der Waals surface area contributed by atoms with Crippen LogP contribution in [0.25, 0.3) is 0 Å². The van der Waals surface area contributed by atoms with E-state index in [0.29, 0.717) is 18.7 Å². The Labute approximate surface area is 115 Å². The third-order valence-corrected chi connectivity index (χ3v) is 3.70. The Morgan fingerprint density at radius 1 is 1.61 bits per heavy atom. The van der Waals surface area contributed by atoms with E-state index in [1.165, 1.54) is 0 Å². The highest BCUT2D eigenvalue weighted by atomic mass is 79.9. The van der Waals surface area contributed by atoms with Crippen LogP contribution >= 0.6 is 15.9 Å². The third kappa shape index (κ3) is 2.83. The van der Waals surface area contributed by atoms with Crippen molar-refractivity contribution < 1.29 is 9.47 Å². The van der Waals surface area contributed by atoms with E-state index in [4.69, 9.17) is 14.7 Å². The molecule has 1 aromatic rings. The van der Waals surface area contributed by atoms with Crippen molar-refractivity contribution in [3.05, 3.63) is 28.2 Å². The number of ether oxygens (including phenoxy) is 2. The van der Waals surface area contributed by atoms with Crippen molar-refractivity contribution in [1.29, 1.82) is 5.26 Å². The van der Waals surface area contributed by atoms with E-state index in [1.807, 2.05) is 12.1 Å². The monoisotopic (exact) mass is 310 g/mol. The second kappa shape index (κ2) is 5.70. The number of hydrogen-bond acceptors (Lipinski definition) is 4. The van der Waals surface area contributed by atoms with E-state index in [9.17, 15) is 0 Å². The smallest absolute Gasteiger partial charge is 0.110 e. The normalized spacial score (nSPS) is 22.7. The van der Waals surface area contributed by atoms with E-state index in [0.717, 1.165) is 23.2 Å². The molecular formula is C13H15BrN2O2. The van der Waals surface area contributed by atoms with Gasteiger partial charge in [-0.05, 0) is 18.2 Å². The molecule has 0 saturated carbocycles. The molecule has 4 nitrogen and oxygen atoms in total. The molecule has 1 aliphatic rings. The van der Waals surface area contributed by atoms with Crippen LogP contribution < -0.4 is 5.32 Å². The largest absolute Gasteiger partial charge is 0.381 e. The molecule has 1 saturated heterocycles. The minimum Gasteiger partial charge on any atom is -0.381 e. The lowest BCUT2D eigenvalue weighted by Gasteiger charge is -2.26. The van der Waals surface area contributed by atoms with E-state index in [-0.39, 0.29) is 5.60 Å². The number of halogens is 1. The number of methoxy groups -OCH3 is 1. The minimum atomic E-state index is -0.278. The maximum absolute atomic E-state index is 9.09. The van der Waals surface area contributed by atoms with Crippen LogP contribution in [0, 0.1) is 11.3 Å². The topological polar surface area (TPSA) is 54.3 Å². The Bertz CT molecular complexity index is 465. The zero-order chi connectivity index (χ0) is 13.0. The van der Waals surface area contributed by atoms with Crippen LogP contribution in [0.2, 0.25) is 0 Å². The highest BCUT2D eigenvalue weighted by Gasteiger charge is 2.34. The Hall–Kier alpha value is -1.09. The van der Waals surface area contributed by atoms with Gasteiger partial charge in [-0.2, -0.15) is 5.26 Å². The van der Waals surface area contributed by atoms with Gasteiger partial charge in [0.1, 0.15) is 11.7 Å². The lowest BCUT2D eigenvalue weighted by molar-refractivity contribution is -0.00620. The van der Waals surface area contributed by atoms with Gasteiger partial charge in [0, 0.05) is 31.2 Å². The molecule has 1 aliphatic heterocycles. The molecule has 0 aliphatic carbocycles. The molecule has 96 valence electrons. The molecule has 1 N–H and O–H groups in total.